The van der Waals surface area contributed by atoms with E-state index in [1.165, 1.54) is 0 Å². The fourth-order valence-corrected chi connectivity index (χ4v) is 2.89. The van der Waals surface area contributed by atoms with E-state index in [2.05, 4.69) is 9.97 Å². The quantitative estimate of drug-likeness (QED) is 0.873. The van der Waals surface area contributed by atoms with Gasteiger partial charge in [-0.25, -0.2) is 9.97 Å². The number of amides is 1. The summed E-state index contributed by atoms with van der Waals surface area (Å²) in [5.41, 5.74) is 2.59. The number of carbonyl (C=O) groups is 1. The van der Waals surface area contributed by atoms with E-state index in [1.54, 1.807) is 24.3 Å². The van der Waals surface area contributed by atoms with E-state index in [1.807, 2.05) is 18.2 Å². The van der Waals surface area contributed by atoms with Crippen LogP contribution in [0.15, 0.2) is 30.5 Å². The van der Waals surface area contributed by atoms with E-state index in [9.17, 15) is 4.79 Å². The molecular weight excluding hydrogens is 278 g/mol. The lowest BCUT2D eigenvalue weighted by molar-refractivity contribution is 0.0984. The number of nitrogens with zero attached hydrogens (tertiary/aromatic N) is 3. The number of ether oxygens (including phenoxy) is 1. The summed E-state index contributed by atoms with van der Waals surface area (Å²) in [7, 11) is 1.65. The Balaban J connectivity index is 1.63. The first-order chi connectivity index (χ1) is 10.8. The second-order valence-electron chi connectivity index (χ2n) is 5.78. The van der Waals surface area contributed by atoms with Gasteiger partial charge in [-0.2, -0.15) is 0 Å². The number of anilines is 1. The lowest BCUT2D eigenvalue weighted by atomic mass is 10.1. The van der Waals surface area contributed by atoms with Gasteiger partial charge >= 0.3 is 0 Å². The molecule has 5 nitrogen and oxygen atoms in total. The van der Waals surface area contributed by atoms with Crippen LogP contribution in [0, 0.1) is 0 Å². The molecule has 0 N–H and O–H groups in total. The van der Waals surface area contributed by atoms with Crippen LogP contribution in [0.25, 0.3) is 0 Å². The van der Waals surface area contributed by atoms with Crippen molar-refractivity contribution in [2.24, 2.45) is 0 Å². The maximum absolute atomic E-state index is 12.8. The third kappa shape index (κ3) is 2.22. The fraction of sp³-hybridized carbons (Fsp3) is 0.353. The molecule has 112 valence electrons. The molecule has 0 unspecified atom stereocenters. The van der Waals surface area contributed by atoms with E-state index in [-0.39, 0.29) is 5.91 Å². The predicted octanol–water partition coefficient (Wildman–Crippen LogP) is 2.57. The van der Waals surface area contributed by atoms with Gasteiger partial charge in [-0.1, -0.05) is 0 Å². The first-order valence-corrected chi connectivity index (χ1v) is 7.58. The third-order valence-electron chi connectivity index (χ3n) is 4.26. The van der Waals surface area contributed by atoms with Crippen molar-refractivity contribution in [1.29, 1.82) is 0 Å². The Morgan fingerprint density at radius 2 is 2.18 bits per heavy atom. The zero-order chi connectivity index (χ0) is 15.1. The average molecular weight is 295 g/mol. The Bertz CT molecular complexity index is 740. The van der Waals surface area contributed by atoms with Crippen molar-refractivity contribution in [1.82, 2.24) is 9.97 Å². The van der Waals surface area contributed by atoms with Gasteiger partial charge in [0.05, 0.1) is 7.11 Å². The van der Waals surface area contributed by atoms with Crippen molar-refractivity contribution >= 4 is 11.6 Å². The number of hydrogen-bond donors (Lipinski definition) is 0. The molecule has 1 amide bonds. The maximum Gasteiger partial charge on any atom is 0.277 e. The van der Waals surface area contributed by atoms with E-state index in [4.69, 9.17) is 4.74 Å². The highest BCUT2D eigenvalue weighted by Gasteiger charge is 2.30. The molecule has 0 atom stereocenters. The van der Waals surface area contributed by atoms with Crippen LogP contribution in [0.4, 0.5) is 5.69 Å². The highest BCUT2D eigenvalue weighted by Crippen LogP contribution is 2.38. The summed E-state index contributed by atoms with van der Waals surface area (Å²) in [4.78, 5) is 23.3. The molecule has 0 spiro atoms. The Hall–Kier alpha value is -2.43. The van der Waals surface area contributed by atoms with Crippen LogP contribution in [0.3, 0.4) is 0 Å². The maximum atomic E-state index is 12.8. The molecule has 1 aromatic carbocycles. The summed E-state index contributed by atoms with van der Waals surface area (Å²) < 4.78 is 5.24. The summed E-state index contributed by atoms with van der Waals surface area (Å²) in [5.74, 6) is 2.03. The summed E-state index contributed by atoms with van der Waals surface area (Å²) in [6.07, 6.45) is 4.80. The summed E-state index contributed by atoms with van der Waals surface area (Å²) in [5, 5.41) is 0. The Morgan fingerprint density at radius 3 is 2.95 bits per heavy atom. The van der Waals surface area contributed by atoms with Crippen LogP contribution < -0.4 is 9.64 Å². The molecule has 1 fully saturated rings. The minimum Gasteiger partial charge on any atom is -0.497 e. The van der Waals surface area contributed by atoms with Crippen LogP contribution in [0.5, 0.6) is 5.75 Å². The molecule has 0 saturated heterocycles. The monoisotopic (exact) mass is 295 g/mol. The molecule has 1 aliphatic carbocycles. The molecule has 1 aliphatic heterocycles. The minimum atomic E-state index is -0.0479. The normalized spacial score (nSPS) is 16.5. The highest BCUT2D eigenvalue weighted by molar-refractivity contribution is 6.06. The van der Waals surface area contributed by atoms with Gasteiger partial charge < -0.3 is 9.64 Å². The number of aromatic nitrogens is 2. The van der Waals surface area contributed by atoms with Gasteiger partial charge in [-0.15, -0.1) is 0 Å². The molecule has 4 rings (SSSR count). The molecule has 2 heterocycles. The van der Waals surface area contributed by atoms with Gasteiger partial charge in [0.2, 0.25) is 0 Å². The number of hydrogen-bond acceptors (Lipinski definition) is 4. The smallest absolute Gasteiger partial charge is 0.277 e. The van der Waals surface area contributed by atoms with E-state index < -0.39 is 0 Å². The second kappa shape index (κ2) is 5.09. The van der Waals surface area contributed by atoms with Crippen molar-refractivity contribution in [3.05, 3.63) is 47.5 Å². The zero-order valence-corrected chi connectivity index (χ0v) is 12.5. The molecule has 1 aromatic heterocycles. The highest BCUT2D eigenvalue weighted by atomic mass is 16.5. The summed E-state index contributed by atoms with van der Waals surface area (Å²) >= 11 is 0. The van der Waals surface area contributed by atoms with Gasteiger partial charge in [0.15, 0.2) is 0 Å². The molecule has 0 radical (unpaired) electrons. The first kappa shape index (κ1) is 13.2. The van der Waals surface area contributed by atoms with Gasteiger partial charge in [0.25, 0.3) is 5.91 Å². The Kier molecular flexibility index (Phi) is 3.06. The molecule has 2 aliphatic rings. The predicted molar refractivity (Wildman–Crippen MR) is 82.4 cm³/mol. The Morgan fingerprint density at radius 1 is 1.32 bits per heavy atom. The largest absolute Gasteiger partial charge is 0.497 e. The molecule has 2 aromatic rings. The third-order valence-corrected chi connectivity index (χ3v) is 4.26. The first-order valence-electron chi connectivity index (χ1n) is 7.58. The number of fused-ring (bicyclic) bond motifs is 1. The molecule has 5 heteroatoms. The van der Waals surface area contributed by atoms with Gasteiger partial charge in [0, 0.05) is 24.3 Å². The minimum absolute atomic E-state index is 0.0479. The number of rotatable bonds is 3. The zero-order valence-electron chi connectivity index (χ0n) is 12.5. The summed E-state index contributed by atoms with van der Waals surface area (Å²) in [6, 6.07) is 7.54. The second-order valence-corrected chi connectivity index (χ2v) is 5.78. The van der Waals surface area contributed by atoms with Crippen molar-refractivity contribution in [3.8, 4) is 5.75 Å². The lowest BCUT2D eigenvalue weighted by Crippen LogP contribution is -2.29. The van der Waals surface area contributed by atoms with Crippen molar-refractivity contribution in [2.75, 3.05) is 18.6 Å². The van der Waals surface area contributed by atoms with E-state index in [0.29, 0.717) is 18.2 Å². The SMILES string of the molecule is COc1ccc2c(c1)CCN2C(=O)c1ccnc(C2CC2)n1. The van der Waals surface area contributed by atoms with Gasteiger partial charge in [0.1, 0.15) is 17.3 Å². The fourth-order valence-electron chi connectivity index (χ4n) is 2.89. The average Bonchev–Trinajstić information content (AvgIpc) is 3.34. The van der Waals surface area contributed by atoms with Crippen LogP contribution in [-0.2, 0) is 6.42 Å². The molecule has 22 heavy (non-hydrogen) atoms. The number of benzene rings is 1. The van der Waals surface area contributed by atoms with Crippen molar-refractivity contribution in [2.45, 2.75) is 25.2 Å². The van der Waals surface area contributed by atoms with Crippen molar-refractivity contribution < 1.29 is 9.53 Å². The van der Waals surface area contributed by atoms with Crippen LogP contribution in [-0.4, -0.2) is 29.5 Å². The Labute approximate surface area is 129 Å². The van der Waals surface area contributed by atoms with Crippen LogP contribution in [0.1, 0.15) is 40.6 Å². The van der Waals surface area contributed by atoms with Gasteiger partial charge in [-0.05, 0) is 49.1 Å². The number of methoxy groups -OCH3 is 1. The molecule has 0 bridgehead atoms. The molecule has 1 saturated carbocycles. The topological polar surface area (TPSA) is 55.3 Å². The van der Waals surface area contributed by atoms with Gasteiger partial charge in [-0.3, -0.25) is 4.79 Å². The van der Waals surface area contributed by atoms with E-state index >= 15 is 0 Å². The van der Waals surface area contributed by atoms with Crippen LogP contribution in [0.2, 0.25) is 0 Å². The van der Waals surface area contributed by atoms with Crippen LogP contribution >= 0.6 is 0 Å². The van der Waals surface area contributed by atoms with Crippen molar-refractivity contribution in [3.63, 3.8) is 0 Å². The standard InChI is InChI=1S/C17H17N3O2/c1-22-13-4-5-15-12(10-13)7-9-20(15)17(21)14-6-8-18-16(19-14)11-2-3-11/h4-6,8,10-11H,2-3,7,9H2,1H3. The lowest BCUT2D eigenvalue weighted by Gasteiger charge is -2.17. The van der Waals surface area contributed by atoms with E-state index in [0.717, 1.165) is 42.1 Å². The number of carbonyl (C=O) groups excluding carboxylic acids is 1. The summed E-state index contributed by atoms with van der Waals surface area (Å²) in [6.45, 7) is 0.685. The molecular formula is C17H17N3O2.